The molecule has 0 saturated carbocycles. The van der Waals surface area contributed by atoms with E-state index in [-0.39, 0.29) is 37.5 Å². The predicted octanol–water partition coefficient (Wildman–Crippen LogP) is 2.40. The quantitative estimate of drug-likeness (QED) is 0.129. The van der Waals surface area contributed by atoms with Crippen molar-refractivity contribution in [3.63, 3.8) is 0 Å². The first-order chi connectivity index (χ1) is 21.0. The second-order valence-electron chi connectivity index (χ2n) is 12.2. The van der Waals surface area contributed by atoms with Crippen LogP contribution in [-0.2, 0) is 42.2 Å². The monoisotopic (exact) mass is 647 g/mol. The third-order valence-corrected chi connectivity index (χ3v) is 7.67. The Morgan fingerprint density at radius 1 is 0.689 bits per heavy atom. The summed E-state index contributed by atoms with van der Waals surface area (Å²) in [5.41, 5.74) is 7.65. The van der Waals surface area contributed by atoms with Gasteiger partial charge >= 0.3 is 10.2 Å². The van der Waals surface area contributed by atoms with Gasteiger partial charge in [0.15, 0.2) is 0 Å². The van der Waals surface area contributed by atoms with Crippen molar-refractivity contribution in [3.05, 3.63) is 65.7 Å². The van der Waals surface area contributed by atoms with Crippen molar-refractivity contribution < 1.29 is 31.5 Å². The van der Waals surface area contributed by atoms with Crippen molar-refractivity contribution in [1.82, 2.24) is 21.3 Å². The molecule has 6 N–H and O–H groups in total. The van der Waals surface area contributed by atoms with Gasteiger partial charge < -0.3 is 27.0 Å². The average Bonchev–Trinajstić information content (AvgIpc) is 2.92. The van der Waals surface area contributed by atoms with E-state index in [2.05, 4.69) is 21.3 Å². The molecule has 0 heterocycles. The van der Waals surface area contributed by atoms with Crippen molar-refractivity contribution in [1.29, 1.82) is 0 Å². The summed E-state index contributed by atoms with van der Waals surface area (Å²) >= 11 is 0. The zero-order valence-electron chi connectivity index (χ0n) is 26.5. The number of carbonyl (C=O) groups excluding carboxylic acids is 4. The average molecular weight is 648 g/mol. The normalized spacial score (nSPS) is 14.2. The van der Waals surface area contributed by atoms with Crippen LogP contribution in [0.1, 0.15) is 58.6 Å². The van der Waals surface area contributed by atoms with E-state index in [1.54, 1.807) is 24.3 Å². The molecule has 0 aliphatic heterocycles. The van der Waals surface area contributed by atoms with Crippen LogP contribution in [0.4, 0.5) is 9.57 Å². The van der Waals surface area contributed by atoms with E-state index in [1.807, 2.05) is 58.0 Å². The number of nitrogens with one attached hydrogen (secondary N) is 4. The van der Waals surface area contributed by atoms with E-state index in [4.69, 9.17) is 5.73 Å². The number of halogens is 1. The number of benzene rings is 2. The number of nitrogen functional groups attached to an aromatic ring is 1. The first-order valence-electron chi connectivity index (χ1n) is 15.0. The number of hydrogen-bond donors (Lipinski definition) is 5. The Kier molecular flexibility index (Phi) is 14.4. The lowest BCUT2D eigenvalue weighted by Gasteiger charge is -2.28. The Morgan fingerprint density at radius 3 is 1.62 bits per heavy atom. The third kappa shape index (κ3) is 14.6. The molecular weight excluding hydrogens is 601 g/mol. The Bertz CT molecular complexity index is 1390. The van der Waals surface area contributed by atoms with Gasteiger partial charge in [0.2, 0.25) is 23.6 Å². The molecule has 2 rings (SSSR count). The minimum Gasteiger partial charge on any atom is -0.399 e. The second kappa shape index (κ2) is 17.5. The second-order valence-corrected chi connectivity index (χ2v) is 13.6. The molecule has 2 aromatic carbocycles. The molecule has 4 atom stereocenters. The molecular formula is C32H46FN5O6S. The Morgan fingerprint density at radius 2 is 1.16 bits per heavy atom. The molecule has 2 aromatic rings. The lowest BCUT2D eigenvalue weighted by atomic mass is 9.98. The number of amides is 4. The number of hydrogen-bond acceptors (Lipinski definition) is 7. The molecule has 45 heavy (non-hydrogen) atoms. The van der Waals surface area contributed by atoms with E-state index in [0.29, 0.717) is 11.3 Å². The molecule has 0 fully saturated rings. The predicted molar refractivity (Wildman–Crippen MR) is 172 cm³/mol. The maximum absolute atomic E-state index is 13.8. The topological polar surface area (TPSA) is 177 Å². The van der Waals surface area contributed by atoms with E-state index in [9.17, 15) is 31.5 Å². The number of rotatable bonds is 17. The van der Waals surface area contributed by atoms with Crippen LogP contribution >= 0.6 is 0 Å². The minimum atomic E-state index is -4.95. The highest BCUT2D eigenvalue weighted by Gasteiger charge is 2.32. The van der Waals surface area contributed by atoms with E-state index >= 15 is 0 Å². The highest BCUT2D eigenvalue weighted by atomic mass is 32.3. The summed E-state index contributed by atoms with van der Waals surface area (Å²) < 4.78 is 36.9. The lowest BCUT2D eigenvalue weighted by molar-refractivity contribution is -0.134. The summed E-state index contributed by atoms with van der Waals surface area (Å²) in [4.78, 5) is 52.3. The molecule has 0 unspecified atom stereocenters. The van der Waals surface area contributed by atoms with Crippen LogP contribution < -0.4 is 27.0 Å². The molecule has 4 amide bonds. The summed E-state index contributed by atoms with van der Waals surface area (Å²) in [6.45, 7) is 8.74. The molecule has 0 bridgehead atoms. The largest absolute Gasteiger partial charge is 0.399 e. The summed E-state index contributed by atoms with van der Waals surface area (Å²) in [7, 11) is -4.95. The number of anilines is 1. The molecule has 0 aromatic heterocycles. The van der Waals surface area contributed by atoms with Gasteiger partial charge in [0.1, 0.15) is 23.9 Å². The van der Waals surface area contributed by atoms with Gasteiger partial charge in [-0.25, -0.2) is 0 Å². The molecule has 11 nitrogen and oxygen atoms in total. The molecule has 0 spiro atoms. The molecule has 13 heteroatoms. The van der Waals surface area contributed by atoms with Gasteiger partial charge in [-0.2, -0.15) is 8.42 Å². The minimum absolute atomic E-state index is 0.00942. The van der Waals surface area contributed by atoms with Crippen LogP contribution in [-0.4, -0.2) is 62.0 Å². The fourth-order valence-electron chi connectivity index (χ4n) is 4.89. The fourth-order valence-corrected chi connectivity index (χ4v) is 5.57. The highest BCUT2D eigenvalue weighted by Crippen LogP contribution is 2.13. The van der Waals surface area contributed by atoms with Crippen molar-refractivity contribution >= 4 is 39.5 Å². The van der Waals surface area contributed by atoms with E-state index in [1.165, 1.54) is 6.92 Å². The van der Waals surface area contributed by atoms with Gasteiger partial charge in [-0.05, 0) is 54.4 Å². The molecule has 0 aliphatic rings. The SMILES string of the molecule is CC(=O)N[C@@H](Cc1ccccc1)C(=O)N[C@@H](CC(C)C)C(=O)N[C@@H](CC(C)C)C(=O)N[C@@H](Cc1ccc(N)cc1)CS(=O)(=O)F. The van der Waals surface area contributed by atoms with Crippen LogP contribution in [0.3, 0.4) is 0 Å². The summed E-state index contributed by atoms with van der Waals surface area (Å²) in [6, 6.07) is 11.4. The van der Waals surface area contributed by atoms with Gasteiger partial charge in [0.05, 0.1) is 0 Å². The first-order valence-corrected chi connectivity index (χ1v) is 16.6. The van der Waals surface area contributed by atoms with Crippen molar-refractivity contribution in [2.45, 2.75) is 84.5 Å². The van der Waals surface area contributed by atoms with E-state index < -0.39 is 63.8 Å². The zero-order chi connectivity index (χ0) is 33.7. The zero-order valence-corrected chi connectivity index (χ0v) is 27.3. The van der Waals surface area contributed by atoms with Gasteiger partial charge in [0, 0.05) is 25.1 Å². The molecule has 0 radical (unpaired) electrons. The van der Waals surface area contributed by atoms with Crippen LogP contribution in [0.5, 0.6) is 0 Å². The van der Waals surface area contributed by atoms with Gasteiger partial charge in [-0.15, -0.1) is 3.89 Å². The van der Waals surface area contributed by atoms with Crippen molar-refractivity contribution in [3.8, 4) is 0 Å². The molecule has 0 saturated heterocycles. The third-order valence-electron chi connectivity index (χ3n) is 6.87. The standard InChI is InChI=1S/C32H46FN5O6S/c1-20(2)15-27(30(40)36-26(19-45(33,43)44)17-24-11-13-25(34)14-12-24)37-31(41)28(16-21(3)4)38-32(42)29(35-22(5)39)18-23-9-7-6-8-10-23/h6-14,20-21,26-29H,15-19,34H2,1-5H3,(H,35,39)(H,36,40)(H,37,41)(H,38,42)/t26-,27-,28-,29-/m0/s1. The van der Waals surface area contributed by atoms with Gasteiger partial charge in [0.25, 0.3) is 0 Å². The number of carbonyl (C=O) groups is 4. The van der Waals surface area contributed by atoms with Crippen LogP contribution in [0.2, 0.25) is 0 Å². The van der Waals surface area contributed by atoms with Gasteiger partial charge in [-0.3, -0.25) is 19.2 Å². The summed E-state index contributed by atoms with van der Waals surface area (Å²) in [6.07, 6.45) is 0.647. The van der Waals surface area contributed by atoms with Gasteiger partial charge in [-0.1, -0.05) is 70.2 Å². The van der Waals surface area contributed by atoms with Crippen molar-refractivity contribution in [2.24, 2.45) is 11.8 Å². The van der Waals surface area contributed by atoms with Crippen molar-refractivity contribution in [2.75, 3.05) is 11.5 Å². The lowest BCUT2D eigenvalue weighted by Crippen LogP contribution is -2.58. The Hall–Kier alpha value is -4.00. The van der Waals surface area contributed by atoms with Crippen LogP contribution in [0.25, 0.3) is 0 Å². The highest BCUT2D eigenvalue weighted by molar-refractivity contribution is 7.86. The Balaban J connectivity index is 2.25. The van der Waals surface area contributed by atoms with Crippen LogP contribution in [0.15, 0.2) is 54.6 Å². The first kappa shape index (κ1) is 37.2. The smallest absolute Gasteiger partial charge is 0.304 e. The maximum Gasteiger partial charge on any atom is 0.304 e. The summed E-state index contributed by atoms with van der Waals surface area (Å²) in [5.74, 6) is -3.31. The number of nitrogens with two attached hydrogens (primary N) is 1. The Labute approximate surface area is 265 Å². The maximum atomic E-state index is 13.8. The van der Waals surface area contributed by atoms with E-state index in [0.717, 1.165) is 5.56 Å². The summed E-state index contributed by atoms with van der Waals surface area (Å²) in [5, 5.41) is 10.7. The molecule has 0 aliphatic carbocycles. The van der Waals surface area contributed by atoms with Crippen LogP contribution in [0, 0.1) is 11.8 Å². The fraction of sp³-hybridized carbons (Fsp3) is 0.500. The molecule has 248 valence electrons.